The van der Waals surface area contributed by atoms with Crippen molar-refractivity contribution >= 4 is 0 Å². The maximum Gasteiger partial charge on any atom is 0.119 e. The molecule has 0 aromatic heterocycles. The number of allylic oxidation sites excluding steroid dienone is 2. The maximum absolute atomic E-state index is 5.54. The Morgan fingerprint density at radius 2 is 1.96 bits per heavy atom. The molecule has 2 unspecified atom stereocenters. The minimum atomic E-state index is 0.162. The number of rotatable bonds is 3. The van der Waals surface area contributed by atoms with Crippen LogP contribution >= 0.6 is 0 Å². The third-order valence-corrected chi connectivity index (χ3v) is 6.52. The number of hydrogen-bond acceptors (Lipinski definition) is 2. The highest BCUT2D eigenvalue weighted by Crippen LogP contribution is 2.49. The van der Waals surface area contributed by atoms with Gasteiger partial charge in [-0.15, -0.1) is 0 Å². The summed E-state index contributed by atoms with van der Waals surface area (Å²) in [5.41, 5.74) is 3.95. The van der Waals surface area contributed by atoms with E-state index in [1.165, 1.54) is 24.1 Å². The molecular formula is C26H29NO. The van der Waals surface area contributed by atoms with Crippen molar-refractivity contribution < 1.29 is 4.74 Å². The quantitative estimate of drug-likeness (QED) is 0.700. The summed E-state index contributed by atoms with van der Waals surface area (Å²) in [6, 6.07) is 19.0. The Morgan fingerprint density at radius 3 is 2.75 bits per heavy atom. The molecule has 1 saturated heterocycles. The molecule has 2 nitrogen and oxygen atoms in total. The van der Waals surface area contributed by atoms with Crippen LogP contribution in [0.25, 0.3) is 0 Å². The fourth-order valence-corrected chi connectivity index (χ4v) is 4.84. The highest BCUT2D eigenvalue weighted by atomic mass is 16.5. The average molecular weight is 372 g/mol. The lowest BCUT2D eigenvalue weighted by Gasteiger charge is -2.50. The zero-order valence-electron chi connectivity index (χ0n) is 16.9. The first kappa shape index (κ1) is 18.8. The number of nitrogens with zero attached hydrogens (tertiary/aromatic N) is 1. The molecular weight excluding hydrogens is 342 g/mol. The summed E-state index contributed by atoms with van der Waals surface area (Å²) in [4.78, 5) is 2.59. The van der Waals surface area contributed by atoms with Gasteiger partial charge >= 0.3 is 0 Å². The zero-order chi connectivity index (χ0) is 19.4. The van der Waals surface area contributed by atoms with Gasteiger partial charge < -0.3 is 9.64 Å². The van der Waals surface area contributed by atoms with Crippen LogP contribution < -0.4 is 4.74 Å². The number of benzene rings is 2. The van der Waals surface area contributed by atoms with Crippen LogP contribution in [-0.2, 0) is 5.41 Å². The minimum Gasteiger partial charge on any atom is -0.497 e. The number of fused-ring (bicyclic) bond motifs is 1. The summed E-state index contributed by atoms with van der Waals surface area (Å²) < 4.78 is 5.54. The molecule has 0 spiro atoms. The molecule has 1 aliphatic heterocycles. The number of hydrogen-bond donors (Lipinski definition) is 0. The monoisotopic (exact) mass is 371 g/mol. The molecule has 4 rings (SSSR count). The third-order valence-electron chi connectivity index (χ3n) is 6.52. The van der Waals surface area contributed by atoms with Crippen LogP contribution in [0.5, 0.6) is 5.75 Å². The van der Waals surface area contributed by atoms with Gasteiger partial charge in [-0.3, -0.25) is 0 Å². The summed E-state index contributed by atoms with van der Waals surface area (Å²) in [6.07, 6.45) is 5.70. The molecule has 1 heterocycles. The van der Waals surface area contributed by atoms with E-state index >= 15 is 0 Å². The first-order chi connectivity index (χ1) is 13.7. The van der Waals surface area contributed by atoms with E-state index in [4.69, 9.17) is 4.74 Å². The van der Waals surface area contributed by atoms with E-state index in [2.05, 4.69) is 60.1 Å². The molecule has 28 heavy (non-hydrogen) atoms. The van der Waals surface area contributed by atoms with Crippen LogP contribution in [0.1, 0.15) is 37.3 Å². The van der Waals surface area contributed by atoms with Crippen molar-refractivity contribution in [3.63, 3.8) is 0 Å². The smallest absolute Gasteiger partial charge is 0.119 e. The fraction of sp³-hybridized carbons (Fsp3) is 0.385. The maximum atomic E-state index is 5.54. The Labute approximate surface area is 169 Å². The SMILES string of the molecule is CCN1CCC2(c3cccc(OC)c3)CC(C#Cc3ccccc3)=CCC2C1. The fourth-order valence-electron chi connectivity index (χ4n) is 4.84. The van der Waals surface area contributed by atoms with Crippen LogP contribution in [0, 0.1) is 17.8 Å². The van der Waals surface area contributed by atoms with E-state index in [0.717, 1.165) is 37.2 Å². The Hall–Kier alpha value is -2.50. The van der Waals surface area contributed by atoms with Crippen molar-refractivity contribution in [3.05, 3.63) is 77.4 Å². The normalized spacial score (nSPS) is 24.5. The average Bonchev–Trinajstić information content (AvgIpc) is 2.77. The third kappa shape index (κ3) is 3.73. The van der Waals surface area contributed by atoms with Gasteiger partial charge in [0.05, 0.1) is 7.11 Å². The lowest BCUT2D eigenvalue weighted by atomic mass is 9.59. The topological polar surface area (TPSA) is 12.5 Å². The van der Waals surface area contributed by atoms with E-state index < -0.39 is 0 Å². The molecule has 2 heteroatoms. The first-order valence-corrected chi connectivity index (χ1v) is 10.4. The molecule has 0 radical (unpaired) electrons. The van der Waals surface area contributed by atoms with Crippen molar-refractivity contribution in [2.45, 2.75) is 31.6 Å². The van der Waals surface area contributed by atoms with Crippen molar-refractivity contribution in [1.29, 1.82) is 0 Å². The number of piperidine rings is 1. The van der Waals surface area contributed by atoms with Crippen LogP contribution in [0.15, 0.2) is 66.2 Å². The second kappa shape index (κ2) is 8.25. The highest BCUT2D eigenvalue weighted by Gasteiger charge is 2.45. The molecule has 2 aromatic carbocycles. The Bertz CT molecular complexity index is 905. The minimum absolute atomic E-state index is 0.162. The number of likely N-dealkylation sites (tertiary alicyclic amines) is 1. The summed E-state index contributed by atoms with van der Waals surface area (Å²) in [6.45, 7) is 5.73. The summed E-state index contributed by atoms with van der Waals surface area (Å²) in [5.74, 6) is 8.44. The van der Waals surface area contributed by atoms with E-state index in [9.17, 15) is 0 Å². The highest BCUT2D eigenvalue weighted by molar-refractivity contribution is 5.45. The second-order valence-electron chi connectivity index (χ2n) is 7.99. The standard InChI is InChI=1S/C26H29NO/c1-3-27-17-16-26(23-10-7-11-25(18-23)28-2)19-22(14-15-24(26)20-27)13-12-21-8-5-4-6-9-21/h4-11,14,18,24H,3,15-17,19-20H2,1-2H3. The molecule has 0 bridgehead atoms. The molecule has 2 aromatic rings. The van der Waals surface area contributed by atoms with E-state index in [1.54, 1.807) is 7.11 Å². The summed E-state index contributed by atoms with van der Waals surface area (Å²) in [5, 5.41) is 0. The van der Waals surface area contributed by atoms with Gasteiger partial charge in [-0.05, 0) is 73.7 Å². The summed E-state index contributed by atoms with van der Waals surface area (Å²) >= 11 is 0. The van der Waals surface area contributed by atoms with Gasteiger partial charge in [-0.1, -0.05) is 55.2 Å². The van der Waals surface area contributed by atoms with Crippen molar-refractivity contribution in [3.8, 4) is 17.6 Å². The van der Waals surface area contributed by atoms with Crippen LogP contribution in [0.4, 0.5) is 0 Å². The van der Waals surface area contributed by atoms with Gasteiger partial charge in [0.15, 0.2) is 0 Å². The predicted octanol–water partition coefficient (Wildman–Crippen LogP) is 5.05. The lowest BCUT2D eigenvalue weighted by Crippen LogP contribution is -2.51. The van der Waals surface area contributed by atoms with Crippen molar-refractivity contribution in [1.82, 2.24) is 4.90 Å². The Balaban J connectivity index is 1.68. The molecule has 0 amide bonds. The largest absolute Gasteiger partial charge is 0.497 e. The van der Waals surface area contributed by atoms with E-state index in [0.29, 0.717) is 5.92 Å². The van der Waals surface area contributed by atoms with Gasteiger partial charge in [-0.2, -0.15) is 0 Å². The van der Waals surface area contributed by atoms with E-state index in [1.807, 2.05) is 24.3 Å². The van der Waals surface area contributed by atoms with Gasteiger partial charge in [0.2, 0.25) is 0 Å². The first-order valence-electron chi connectivity index (χ1n) is 10.4. The van der Waals surface area contributed by atoms with Crippen LogP contribution in [0.2, 0.25) is 0 Å². The van der Waals surface area contributed by atoms with Gasteiger partial charge in [0.1, 0.15) is 5.75 Å². The second-order valence-corrected chi connectivity index (χ2v) is 7.99. The van der Waals surface area contributed by atoms with Crippen molar-refractivity contribution in [2.24, 2.45) is 5.92 Å². The predicted molar refractivity (Wildman–Crippen MR) is 116 cm³/mol. The molecule has 1 aliphatic carbocycles. The number of ether oxygens (including phenoxy) is 1. The Morgan fingerprint density at radius 1 is 1.11 bits per heavy atom. The molecule has 2 atom stereocenters. The zero-order valence-corrected chi connectivity index (χ0v) is 16.9. The molecule has 0 N–H and O–H groups in total. The lowest BCUT2D eigenvalue weighted by molar-refractivity contribution is 0.0895. The van der Waals surface area contributed by atoms with Gasteiger partial charge in [-0.25, -0.2) is 0 Å². The molecule has 1 fully saturated rings. The molecule has 144 valence electrons. The van der Waals surface area contributed by atoms with Gasteiger partial charge in [0.25, 0.3) is 0 Å². The van der Waals surface area contributed by atoms with Gasteiger partial charge in [0, 0.05) is 17.5 Å². The molecule has 2 aliphatic rings. The van der Waals surface area contributed by atoms with Crippen LogP contribution in [0.3, 0.4) is 0 Å². The molecule has 0 saturated carbocycles. The number of methoxy groups -OCH3 is 1. The van der Waals surface area contributed by atoms with Crippen molar-refractivity contribution in [2.75, 3.05) is 26.7 Å². The Kier molecular flexibility index (Phi) is 5.55. The summed E-state index contributed by atoms with van der Waals surface area (Å²) in [7, 11) is 1.76. The van der Waals surface area contributed by atoms with Crippen LogP contribution in [-0.4, -0.2) is 31.6 Å². The van der Waals surface area contributed by atoms with E-state index in [-0.39, 0.29) is 5.41 Å².